The molecule has 0 aromatic heterocycles. The van der Waals surface area contributed by atoms with Gasteiger partial charge in [-0.05, 0) is 43.2 Å². The highest BCUT2D eigenvalue weighted by Gasteiger charge is 2.25. The normalized spacial score (nSPS) is 17.2. The van der Waals surface area contributed by atoms with Crippen LogP contribution in [0.4, 0.5) is 11.4 Å². The maximum Gasteiger partial charge on any atom is 0.289 e. The van der Waals surface area contributed by atoms with E-state index in [9.17, 15) is 26.9 Å². The molecule has 2 aromatic carbocycles. The van der Waals surface area contributed by atoms with Crippen molar-refractivity contribution >= 4 is 31.4 Å². The summed E-state index contributed by atoms with van der Waals surface area (Å²) in [6, 6.07) is 9.97. The molecule has 1 unspecified atom stereocenters. The van der Waals surface area contributed by atoms with Gasteiger partial charge in [-0.2, -0.15) is 0 Å². The Kier molecular flexibility index (Phi) is 6.17. The lowest BCUT2D eigenvalue weighted by Gasteiger charge is -2.12. The van der Waals surface area contributed by atoms with Crippen LogP contribution in [0.1, 0.15) is 12.8 Å². The minimum absolute atomic E-state index is 0.0378. The SMILES string of the molecule is O=[N+]([O-])c1ccccc1S(=O)(=O)Nc1ccc(S(=O)(=O)NCC2CCCO2)cc1. The van der Waals surface area contributed by atoms with E-state index in [0.717, 1.165) is 25.0 Å². The first kappa shape index (κ1) is 21.2. The number of nitrogens with zero attached hydrogens (tertiary/aromatic N) is 1. The van der Waals surface area contributed by atoms with Crippen LogP contribution in [0.3, 0.4) is 0 Å². The Labute approximate surface area is 168 Å². The van der Waals surface area contributed by atoms with E-state index in [2.05, 4.69) is 9.44 Å². The number of sulfonamides is 2. The number of rotatable bonds is 8. The quantitative estimate of drug-likeness (QED) is 0.470. The highest BCUT2D eigenvalue weighted by atomic mass is 32.2. The van der Waals surface area contributed by atoms with Crippen molar-refractivity contribution in [2.24, 2.45) is 0 Å². The van der Waals surface area contributed by atoms with Gasteiger partial charge in [-0.25, -0.2) is 21.6 Å². The predicted molar refractivity (Wildman–Crippen MR) is 105 cm³/mol. The average Bonchev–Trinajstić information content (AvgIpc) is 3.20. The Morgan fingerprint density at radius 1 is 1.03 bits per heavy atom. The van der Waals surface area contributed by atoms with E-state index < -0.39 is 35.6 Å². The maximum atomic E-state index is 12.5. The monoisotopic (exact) mass is 441 g/mol. The Morgan fingerprint density at radius 2 is 1.72 bits per heavy atom. The first-order chi connectivity index (χ1) is 13.7. The summed E-state index contributed by atoms with van der Waals surface area (Å²) in [6.07, 6.45) is 1.52. The van der Waals surface area contributed by atoms with E-state index in [1.165, 1.54) is 36.4 Å². The largest absolute Gasteiger partial charge is 0.377 e. The Morgan fingerprint density at radius 3 is 2.34 bits per heavy atom. The molecule has 2 aromatic rings. The number of para-hydroxylation sites is 1. The molecule has 1 atom stereocenters. The summed E-state index contributed by atoms with van der Waals surface area (Å²) in [4.78, 5) is 9.75. The van der Waals surface area contributed by atoms with Crippen LogP contribution in [0.2, 0.25) is 0 Å². The Bertz CT molecular complexity index is 1090. The van der Waals surface area contributed by atoms with Gasteiger partial charge < -0.3 is 4.74 Å². The molecule has 0 amide bonds. The Balaban J connectivity index is 1.74. The lowest BCUT2D eigenvalue weighted by molar-refractivity contribution is -0.387. The standard InChI is InChI=1S/C17H19N3O7S2/c21-20(22)16-5-1-2-6-17(16)29(25,26)19-13-7-9-15(10-8-13)28(23,24)18-12-14-4-3-11-27-14/h1-2,5-10,14,18-19H,3-4,11-12H2. The Hall–Kier alpha value is -2.54. The highest BCUT2D eigenvalue weighted by Crippen LogP contribution is 2.25. The lowest BCUT2D eigenvalue weighted by atomic mass is 10.2. The summed E-state index contributed by atoms with van der Waals surface area (Å²) in [5.41, 5.74) is -0.487. The van der Waals surface area contributed by atoms with Crippen LogP contribution >= 0.6 is 0 Å². The van der Waals surface area contributed by atoms with Gasteiger partial charge in [0, 0.05) is 24.9 Å². The molecule has 0 spiro atoms. The summed E-state index contributed by atoms with van der Waals surface area (Å²) in [7, 11) is -8.01. The number of hydrogen-bond donors (Lipinski definition) is 2. The van der Waals surface area contributed by atoms with Crippen molar-refractivity contribution in [3.63, 3.8) is 0 Å². The minimum atomic E-state index is -4.23. The van der Waals surface area contributed by atoms with E-state index >= 15 is 0 Å². The van der Waals surface area contributed by atoms with Crippen LogP contribution in [0.5, 0.6) is 0 Å². The van der Waals surface area contributed by atoms with Crippen LogP contribution in [-0.2, 0) is 24.8 Å². The van der Waals surface area contributed by atoms with Crippen molar-refractivity contribution in [1.29, 1.82) is 0 Å². The number of ether oxygens (including phenoxy) is 1. The fraction of sp³-hybridized carbons (Fsp3) is 0.294. The maximum absolute atomic E-state index is 12.5. The van der Waals surface area contributed by atoms with Gasteiger partial charge in [-0.1, -0.05) is 12.1 Å². The number of nitrogens with one attached hydrogen (secondary N) is 2. The van der Waals surface area contributed by atoms with Crippen LogP contribution in [0.15, 0.2) is 58.3 Å². The number of benzene rings is 2. The van der Waals surface area contributed by atoms with Gasteiger partial charge in [0.1, 0.15) is 0 Å². The molecule has 1 fully saturated rings. The molecule has 0 bridgehead atoms. The number of nitro groups is 1. The number of anilines is 1. The molecular weight excluding hydrogens is 422 g/mol. The minimum Gasteiger partial charge on any atom is -0.377 e. The lowest BCUT2D eigenvalue weighted by Crippen LogP contribution is -2.31. The van der Waals surface area contributed by atoms with Crippen LogP contribution in [-0.4, -0.2) is 41.0 Å². The summed E-state index contributed by atoms with van der Waals surface area (Å²) >= 11 is 0. The average molecular weight is 441 g/mol. The third kappa shape index (κ3) is 5.09. The van der Waals surface area contributed by atoms with Crippen molar-refractivity contribution in [2.45, 2.75) is 28.7 Å². The van der Waals surface area contributed by atoms with Gasteiger partial charge in [-0.15, -0.1) is 0 Å². The second-order valence-electron chi connectivity index (χ2n) is 6.34. The van der Waals surface area contributed by atoms with Gasteiger partial charge in [-0.3, -0.25) is 14.8 Å². The molecule has 3 rings (SSSR count). The van der Waals surface area contributed by atoms with E-state index in [1.807, 2.05) is 0 Å². The molecule has 1 heterocycles. The molecule has 1 saturated heterocycles. The van der Waals surface area contributed by atoms with Crippen molar-refractivity contribution in [3.8, 4) is 0 Å². The smallest absolute Gasteiger partial charge is 0.289 e. The van der Waals surface area contributed by atoms with Gasteiger partial charge >= 0.3 is 0 Å². The molecule has 12 heteroatoms. The second kappa shape index (κ2) is 8.45. The molecule has 29 heavy (non-hydrogen) atoms. The van der Waals surface area contributed by atoms with E-state index in [0.29, 0.717) is 6.61 Å². The zero-order chi connectivity index (χ0) is 21.1. The highest BCUT2D eigenvalue weighted by molar-refractivity contribution is 7.93. The zero-order valence-corrected chi connectivity index (χ0v) is 16.8. The second-order valence-corrected chi connectivity index (χ2v) is 9.76. The first-order valence-electron chi connectivity index (χ1n) is 8.67. The third-order valence-electron chi connectivity index (χ3n) is 4.29. The van der Waals surface area contributed by atoms with Crippen molar-refractivity contribution in [2.75, 3.05) is 17.9 Å². The van der Waals surface area contributed by atoms with Crippen molar-refractivity contribution in [1.82, 2.24) is 4.72 Å². The molecule has 1 aliphatic heterocycles. The molecule has 2 N–H and O–H groups in total. The summed E-state index contributed by atoms with van der Waals surface area (Å²) in [6.45, 7) is 0.773. The molecule has 0 saturated carbocycles. The zero-order valence-electron chi connectivity index (χ0n) is 15.1. The van der Waals surface area contributed by atoms with Gasteiger partial charge in [0.15, 0.2) is 4.90 Å². The molecule has 1 aliphatic rings. The van der Waals surface area contributed by atoms with E-state index in [4.69, 9.17) is 4.74 Å². The summed E-state index contributed by atoms with van der Waals surface area (Å²) in [5, 5.41) is 11.1. The van der Waals surface area contributed by atoms with Crippen LogP contribution in [0.25, 0.3) is 0 Å². The topological polar surface area (TPSA) is 145 Å². The number of hydrogen-bond acceptors (Lipinski definition) is 7. The summed E-state index contributed by atoms with van der Waals surface area (Å²) in [5.74, 6) is 0. The van der Waals surface area contributed by atoms with Crippen molar-refractivity contribution < 1.29 is 26.5 Å². The molecule has 0 aliphatic carbocycles. The molecule has 10 nitrogen and oxygen atoms in total. The van der Waals surface area contributed by atoms with E-state index in [-0.39, 0.29) is 23.2 Å². The summed E-state index contributed by atoms with van der Waals surface area (Å²) < 4.78 is 59.7. The fourth-order valence-corrected chi connectivity index (χ4v) is 5.14. The molecule has 156 valence electrons. The van der Waals surface area contributed by atoms with Gasteiger partial charge in [0.05, 0.1) is 15.9 Å². The fourth-order valence-electron chi connectivity index (χ4n) is 2.84. The van der Waals surface area contributed by atoms with Crippen molar-refractivity contribution in [3.05, 3.63) is 58.6 Å². The van der Waals surface area contributed by atoms with Crippen LogP contribution < -0.4 is 9.44 Å². The predicted octanol–water partition coefficient (Wildman–Crippen LogP) is 1.85. The number of nitro benzene ring substituents is 1. The van der Waals surface area contributed by atoms with E-state index in [1.54, 1.807) is 0 Å². The van der Waals surface area contributed by atoms with Gasteiger partial charge in [0.25, 0.3) is 15.7 Å². The first-order valence-corrected chi connectivity index (χ1v) is 11.6. The molecule has 0 radical (unpaired) electrons. The molecular formula is C17H19N3O7S2. The van der Waals surface area contributed by atoms with Gasteiger partial charge in [0.2, 0.25) is 10.0 Å². The van der Waals surface area contributed by atoms with Crippen LogP contribution in [0, 0.1) is 10.1 Å². The third-order valence-corrected chi connectivity index (χ3v) is 7.16.